The van der Waals surface area contributed by atoms with Crippen molar-refractivity contribution in [2.24, 2.45) is 11.8 Å². The summed E-state index contributed by atoms with van der Waals surface area (Å²) in [5, 5.41) is 3.27. The quantitative estimate of drug-likeness (QED) is 0.894. The lowest BCUT2D eigenvalue weighted by Crippen LogP contribution is -2.35. The summed E-state index contributed by atoms with van der Waals surface area (Å²) in [5.74, 6) is 2.00. The van der Waals surface area contributed by atoms with Gasteiger partial charge in [0.25, 0.3) is 0 Å². The smallest absolute Gasteiger partial charge is 0.227 e. The van der Waals surface area contributed by atoms with Crippen molar-refractivity contribution in [1.82, 2.24) is 10.2 Å². The molecule has 1 aromatic carbocycles. The number of benzene rings is 1. The Kier molecular flexibility index (Phi) is 5.07. The Bertz CT molecular complexity index is 504. The van der Waals surface area contributed by atoms with Gasteiger partial charge in [-0.1, -0.05) is 19.1 Å². The van der Waals surface area contributed by atoms with Crippen molar-refractivity contribution in [3.63, 3.8) is 0 Å². The molecule has 0 saturated carbocycles. The fourth-order valence-corrected chi connectivity index (χ4v) is 2.84. The molecular formula is C16H24N2O3. The summed E-state index contributed by atoms with van der Waals surface area (Å²) in [5.41, 5.74) is 0.950. The Labute approximate surface area is 126 Å². The Morgan fingerprint density at radius 1 is 1.33 bits per heavy atom. The maximum absolute atomic E-state index is 12.5. The normalized spacial score (nSPS) is 21.1. The van der Waals surface area contributed by atoms with E-state index in [9.17, 15) is 4.79 Å². The lowest BCUT2D eigenvalue weighted by molar-refractivity contribution is -0.135. The van der Waals surface area contributed by atoms with Crippen LogP contribution in [0.15, 0.2) is 18.2 Å². The molecule has 1 N–H and O–H groups in total. The molecule has 2 atom stereocenters. The summed E-state index contributed by atoms with van der Waals surface area (Å²) in [6.45, 7) is 4.30. The van der Waals surface area contributed by atoms with Crippen LogP contribution >= 0.6 is 0 Å². The van der Waals surface area contributed by atoms with Crippen LogP contribution in [0.3, 0.4) is 0 Å². The van der Waals surface area contributed by atoms with Crippen LogP contribution in [-0.2, 0) is 11.3 Å². The van der Waals surface area contributed by atoms with Crippen LogP contribution in [0, 0.1) is 11.8 Å². The van der Waals surface area contributed by atoms with Crippen molar-refractivity contribution in [1.29, 1.82) is 0 Å². The second-order valence-corrected chi connectivity index (χ2v) is 5.59. The van der Waals surface area contributed by atoms with Crippen molar-refractivity contribution in [2.45, 2.75) is 13.5 Å². The maximum atomic E-state index is 12.5. The number of amides is 1. The predicted octanol–water partition coefficient (Wildman–Crippen LogP) is 1.52. The fraction of sp³-hybridized carbons (Fsp3) is 0.562. The molecular weight excluding hydrogens is 268 g/mol. The van der Waals surface area contributed by atoms with E-state index in [-0.39, 0.29) is 11.8 Å². The van der Waals surface area contributed by atoms with Gasteiger partial charge in [-0.2, -0.15) is 0 Å². The van der Waals surface area contributed by atoms with Crippen LogP contribution in [0.1, 0.15) is 12.5 Å². The predicted molar refractivity (Wildman–Crippen MR) is 81.5 cm³/mol. The second kappa shape index (κ2) is 6.80. The molecule has 0 aliphatic carbocycles. The van der Waals surface area contributed by atoms with Crippen LogP contribution < -0.4 is 14.8 Å². The Balaban J connectivity index is 2.12. The van der Waals surface area contributed by atoms with E-state index in [1.54, 1.807) is 19.1 Å². The number of rotatable bonds is 5. The minimum Gasteiger partial charge on any atom is -0.493 e. The molecule has 0 spiro atoms. The monoisotopic (exact) mass is 292 g/mol. The third kappa shape index (κ3) is 3.29. The number of ether oxygens (including phenoxy) is 2. The van der Waals surface area contributed by atoms with Crippen molar-refractivity contribution < 1.29 is 14.3 Å². The minimum atomic E-state index is 0.0617. The van der Waals surface area contributed by atoms with Gasteiger partial charge in [0.2, 0.25) is 5.91 Å². The molecule has 1 amide bonds. The zero-order valence-corrected chi connectivity index (χ0v) is 13.2. The highest BCUT2D eigenvalue weighted by Crippen LogP contribution is 2.31. The van der Waals surface area contributed by atoms with E-state index < -0.39 is 0 Å². The van der Waals surface area contributed by atoms with Crippen LogP contribution in [0.5, 0.6) is 11.5 Å². The van der Waals surface area contributed by atoms with Gasteiger partial charge in [-0.15, -0.1) is 0 Å². The van der Waals surface area contributed by atoms with Crippen LogP contribution in [0.25, 0.3) is 0 Å². The molecule has 1 aromatic rings. The Morgan fingerprint density at radius 2 is 2.10 bits per heavy atom. The summed E-state index contributed by atoms with van der Waals surface area (Å²) in [6.07, 6.45) is 0. The van der Waals surface area contributed by atoms with Crippen LogP contribution in [0.2, 0.25) is 0 Å². The molecule has 1 aliphatic heterocycles. The number of methoxy groups -OCH3 is 2. The van der Waals surface area contributed by atoms with Crippen molar-refractivity contribution in [3.8, 4) is 11.5 Å². The highest BCUT2D eigenvalue weighted by molar-refractivity contribution is 5.79. The molecule has 5 nitrogen and oxygen atoms in total. The van der Waals surface area contributed by atoms with Gasteiger partial charge in [0.1, 0.15) is 0 Å². The van der Waals surface area contributed by atoms with Gasteiger partial charge in [-0.05, 0) is 18.5 Å². The summed E-state index contributed by atoms with van der Waals surface area (Å²) in [4.78, 5) is 14.3. The third-order valence-electron chi connectivity index (χ3n) is 4.10. The molecule has 21 heavy (non-hydrogen) atoms. The van der Waals surface area contributed by atoms with Gasteiger partial charge >= 0.3 is 0 Å². The standard InChI is InChI=1S/C16H24N2O3/c1-11-8-17-9-13(11)16(19)18(2)10-12-6-5-7-14(20-3)15(12)21-4/h5-7,11,13,17H,8-10H2,1-4H3/t11-,13-/m1/s1. The fourth-order valence-electron chi connectivity index (χ4n) is 2.84. The van der Waals surface area contributed by atoms with E-state index in [0.717, 1.165) is 18.7 Å². The topological polar surface area (TPSA) is 50.8 Å². The summed E-state index contributed by atoms with van der Waals surface area (Å²) in [6, 6.07) is 5.73. The lowest BCUT2D eigenvalue weighted by Gasteiger charge is -2.24. The van der Waals surface area contributed by atoms with Gasteiger partial charge in [0, 0.05) is 25.7 Å². The second-order valence-electron chi connectivity index (χ2n) is 5.59. The van der Waals surface area contributed by atoms with Crippen molar-refractivity contribution >= 4 is 5.91 Å². The molecule has 0 unspecified atom stereocenters. The third-order valence-corrected chi connectivity index (χ3v) is 4.10. The molecule has 5 heteroatoms. The van der Waals surface area contributed by atoms with Crippen LogP contribution in [0.4, 0.5) is 0 Å². The number of carbonyl (C=O) groups is 1. The number of nitrogens with zero attached hydrogens (tertiary/aromatic N) is 1. The molecule has 0 bridgehead atoms. The lowest BCUT2D eigenvalue weighted by atomic mass is 9.96. The Hall–Kier alpha value is -1.75. The van der Waals surface area contributed by atoms with Gasteiger partial charge < -0.3 is 19.7 Å². The first-order chi connectivity index (χ1) is 10.1. The van der Waals surface area contributed by atoms with E-state index in [2.05, 4.69) is 12.2 Å². The van der Waals surface area contributed by atoms with E-state index in [0.29, 0.717) is 24.0 Å². The summed E-state index contributed by atoms with van der Waals surface area (Å²) < 4.78 is 10.7. The molecule has 1 aliphatic rings. The van der Waals surface area contributed by atoms with E-state index in [1.807, 2.05) is 25.2 Å². The molecule has 0 radical (unpaired) electrons. The molecule has 1 saturated heterocycles. The van der Waals surface area contributed by atoms with E-state index >= 15 is 0 Å². The minimum absolute atomic E-state index is 0.0617. The Morgan fingerprint density at radius 3 is 2.67 bits per heavy atom. The van der Waals surface area contributed by atoms with Crippen molar-refractivity contribution in [2.75, 3.05) is 34.4 Å². The summed E-state index contributed by atoms with van der Waals surface area (Å²) in [7, 11) is 5.07. The first-order valence-corrected chi connectivity index (χ1v) is 7.24. The number of carbonyl (C=O) groups excluding carboxylic acids is 1. The van der Waals surface area contributed by atoms with Gasteiger partial charge in [0.15, 0.2) is 11.5 Å². The van der Waals surface area contributed by atoms with E-state index in [4.69, 9.17) is 9.47 Å². The molecule has 116 valence electrons. The zero-order valence-electron chi connectivity index (χ0n) is 13.2. The van der Waals surface area contributed by atoms with E-state index in [1.165, 1.54) is 0 Å². The highest BCUT2D eigenvalue weighted by atomic mass is 16.5. The van der Waals surface area contributed by atoms with Crippen molar-refractivity contribution in [3.05, 3.63) is 23.8 Å². The largest absolute Gasteiger partial charge is 0.493 e. The number of hydrogen-bond donors (Lipinski definition) is 1. The number of para-hydroxylation sites is 1. The summed E-state index contributed by atoms with van der Waals surface area (Å²) >= 11 is 0. The zero-order chi connectivity index (χ0) is 15.4. The highest BCUT2D eigenvalue weighted by Gasteiger charge is 2.31. The first kappa shape index (κ1) is 15.6. The number of nitrogens with one attached hydrogen (secondary N) is 1. The van der Waals surface area contributed by atoms with Gasteiger partial charge in [0.05, 0.1) is 20.1 Å². The molecule has 2 rings (SSSR count). The first-order valence-electron chi connectivity index (χ1n) is 7.24. The van der Waals surface area contributed by atoms with Gasteiger partial charge in [-0.3, -0.25) is 4.79 Å². The SMILES string of the molecule is COc1cccc(CN(C)C(=O)[C@@H]2CNC[C@H]2C)c1OC. The molecule has 1 heterocycles. The average molecular weight is 292 g/mol. The molecule has 1 fully saturated rings. The maximum Gasteiger partial charge on any atom is 0.227 e. The van der Waals surface area contributed by atoms with Gasteiger partial charge in [-0.25, -0.2) is 0 Å². The molecule has 0 aromatic heterocycles. The van der Waals surface area contributed by atoms with Crippen LogP contribution in [-0.4, -0.2) is 45.2 Å². The number of hydrogen-bond acceptors (Lipinski definition) is 4. The average Bonchev–Trinajstić information content (AvgIpc) is 2.92.